The topological polar surface area (TPSA) is 60.2 Å². The minimum atomic E-state index is -0.423. The average Bonchev–Trinajstić information content (AvgIpc) is 2.69. The van der Waals surface area contributed by atoms with E-state index in [1.165, 1.54) is 5.56 Å². The summed E-state index contributed by atoms with van der Waals surface area (Å²) in [5.41, 5.74) is 4.24. The van der Waals surface area contributed by atoms with Crippen LogP contribution in [-0.2, 0) is 0 Å². The Balaban J connectivity index is 1.63. The molecule has 0 heterocycles. The van der Waals surface area contributed by atoms with Gasteiger partial charge >= 0.3 is 5.97 Å². The Morgan fingerprint density at radius 2 is 1.54 bits per heavy atom. The fraction of sp³-hybridized carbons (Fsp3) is 0.174. The fourth-order valence-electron chi connectivity index (χ4n) is 2.63. The predicted octanol–water partition coefficient (Wildman–Crippen LogP) is 6.34. The van der Waals surface area contributed by atoms with Gasteiger partial charge < -0.3 is 9.47 Å². The van der Waals surface area contributed by atoms with Gasteiger partial charge in [0.25, 0.3) is 0 Å². The first-order chi connectivity index (χ1) is 13.5. The number of aryl methyl sites for hydroxylation is 2. The van der Waals surface area contributed by atoms with Crippen LogP contribution in [0.2, 0.25) is 0 Å². The molecule has 0 bridgehead atoms. The van der Waals surface area contributed by atoms with Crippen molar-refractivity contribution in [1.29, 1.82) is 0 Å². The molecule has 0 amide bonds. The molecule has 5 nitrogen and oxygen atoms in total. The molecule has 0 radical (unpaired) electrons. The van der Waals surface area contributed by atoms with Gasteiger partial charge in [-0.25, -0.2) is 4.79 Å². The Labute approximate surface area is 164 Å². The number of hydrogen-bond acceptors (Lipinski definition) is 5. The van der Waals surface area contributed by atoms with Crippen molar-refractivity contribution >= 4 is 17.3 Å². The third-order valence-electron chi connectivity index (χ3n) is 4.07. The van der Waals surface area contributed by atoms with E-state index in [0.717, 1.165) is 17.0 Å². The summed E-state index contributed by atoms with van der Waals surface area (Å²) >= 11 is 0. The Kier molecular flexibility index (Phi) is 6.17. The van der Waals surface area contributed by atoms with E-state index in [-0.39, 0.29) is 0 Å². The van der Waals surface area contributed by atoms with Gasteiger partial charge in [-0.05, 0) is 80.9 Å². The minimum absolute atomic E-state index is 0.423. The molecule has 0 saturated carbocycles. The molecule has 142 valence electrons. The van der Waals surface area contributed by atoms with Crippen LogP contribution in [0.25, 0.3) is 0 Å². The summed E-state index contributed by atoms with van der Waals surface area (Å²) < 4.78 is 10.8. The number of carbonyl (C=O) groups is 1. The Morgan fingerprint density at radius 3 is 2.18 bits per heavy atom. The zero-order chi connectivity index (χ0) is 19.9. The van der Waals surface area contributed by atoms with E-state index in [0.29, 0.717) is 23.6 Å². The lowest BCUT2D eigenvalue weighted by Gasteiger charge is -2.06. The van der Waals surface area contributed by atoms with Crippen molar-refractivity contribution in [1.82, 2.24) is 0 Å². The largest absolute Gasteiger partial charge is 0.494 e. The SMILES string of the molecule is CCOc1ccc(C(=O)Oc2ccc(N=Nc3ccc(C)cc3C)cc2)cc1. The van der Waals surface area contributed by atoms with Gasteiger partial charge in [0.15, 0.2) is 0 Å². The molecule has 3 aromatic carbocycles. The molecule has 0 aliphatic carbocycles. The molecular formula is C23H22N2O3. The van der Waals surface area contributed by atoms with Crippen LogP contribution in [0, 0.1) is 13.8 Å². The fourth-order valence-corrected chi connectivity index (χ4v) is 2.63. The van der Waals surface area contributed by atoms with Crippen LogP contribution >= 0.6 is 0 Å². The van der Waals surface area contributed by atoms with Crippen LogP contribution in [-0.4, -0.2) is 12.6 Å². The number of ether oxygens (including phenoxy) is 2. The normalized spacial score (nSPS) is 10.8. The van der Waals surface area contributed by atoms with E-state index >= 15 is 0 Å². The molecule has 0 fully saturated rings. The van der Waals surface area contributed by atoms with E-state index in [9.17, 15) is 4.79 Å². The summed E-state index contributed by atoms with van der Waals surface area (Å²) in [4.78, 5) is 12.2. The number of azo groups is 1. The van der Waals surface area contributed by atoms with E-state index in [1.54, 1.807) is 48.5 Å². The Morgan fingerprint density at radius 1 is 0.857 bits per heavy atom. The maximum atomic E-state index is 12.2. The number of carbonyl (C=O) groups excluding carboxylic acids is 1. The molecule has 0 unspecified atom stereocenters. The summed E-state index contributed by atoms with van der Waals surface area (Å²) in [6.45, 7) is 6.54. The van der Waals surface area contributed by atoms with Crippen LogP contribution in [0.4, 0.5) is 11.4 Å². The van der Waals surface area contributed by atoms with Gasteiger partial charge in [0.05, 0.1) is 23.5 Å². The van der Waals surface area contributed by atoms with Crippen molar-refractivity contribution < 1.29 is 14.3 Å². The molecule has 3 rings (SSSR count). The molecule has 0 aromatic heterocycles. The number of benzene rings is 3. The maximum absolute atomic E-state index is 12.2. The molecule has 28 heavy (non-hydrogen) atoms. The van der Waals surface area contributed by atoms with E-state index in [4.69, 9.17) is 9.47 Å². The lowest BCUT2D eigenvalue weighted by Crippen LogP contribution is -2.08. The number of nitrogens with zero attached hydrogens (tertiary/aromatic N) is 2. The van der Waals surface area contributed by atoms with Gasteiger partial charge in [-0.15, -0.1) is 0 Å². The molecule has 0 spiro atoms. The van der Waals surface area contributed by atoms with Crippen molar-refractivity contribution in [2.45, 2.75) is 20.8 Å². The van der Waals surface area contributed by atoms with Gasteiger partial charge in [0, 0.05) is 0 Å². The quantitative estimate of drug-likeness (QED) is 0.287. The molecule has 0 saturated heterocycles. The van der Waals surface area contributed by atoms with E-state index < -0.39 is 5.97 Å². The van der Waals surface area contributed by atoms with E-state index in [2.05, 4.69) is 16.3 Å². The van der Waals surface area contributed by atoms with E-state index in [1.807, 2.05) is 32.9 Å². The highest BCUT2D eigenvalue weighted by Crippen LogP contribution is 2.24. The van der Waals surface area contributed by atoms with Crippen LogP contribution in [0.15, 0.2) is 77.0 Å². The molecule has 0 aliphatic heterocycles. The summed E-state index contributed by atoms with van der Waals surface area (Å²) in [6, 6.07) is 19.8. The average molecular weight is 374 g/mol. The molecule has 5 heteroatoms. The minimum Gasteiger partial charge on any atom is -0.494 e. The highest BCUT2D eigenvalue weighted by molar-refractivity contribution is 5.91. The highest BCUT2D eigenvalue weighted by Gasteiger charge is 2.09. The number of esters is 1. The Bertz CT molecular complexity index is 978. The lowest BCUT2D eigenvalue weighted by molar-refractivity contribution is 0.0734. The zero-order valence-corrected chi connectivity index (χ0v) is 16.2. The Hall–Kier alpha value is -3.47. The van der Waals surface area contributed by atoms with Crippen LogP contribution in [0.1, 0.15) is 28.4 Å². The lowest BCUT2D eigenvalue weighted by atomic mass is 10.1. The van der Waals surface area contributed by atoms with Gasteiger partial charge in [0.2, 0.25) is 0 Å². The van der Waals surface area contributed by atoms with Gasteiger partial charge in [0.1, 0.15) is 11.5 Å². The van der Waals surface area contributed by atoms with Crippen LogP contribution in [0.5, 0.6) is 11.5 Å². The highest BCUT2D eigenvalue weighted by atomic mass is 16.5. The van der Waals surface area contributed by atoms with Crippen molar-refractivity contribution in [3.05, 3.63) is 83.4 Å². The summed E-state index contributed by atoms with van der Waals surface area (Å²) in [6.07, 6.45) is 0. The van der Waals surface area contributed by atoms with Crippen LogP contribution in [0.3, 0.4) is 0 Å². The molecule has 0 N–H and O–H groups in total. The number of rotatable bonds is 6. The molecule has 0 atom stereocenters. The maximum Gasteiger partial charge on any atom is 0.343 e. The summed E-state index contributed by atoms with van der Waals surface area (Å²) in [5, 5.41) is 8.53. The van der Waals surface area contributed by atoms with Gasteiger partial charge in [-0.1, -0.05) is 17.7 Å². The number of hydrogen-bond donors (Lipinski definition) is 0. The third-order valence-corrected chi connectivity index (χ3v) is 4.07. The second kappa shape index (κ2) is 8.95. The van der Waals surface area contributed by atoms with Crippen molar-refractivity contribution in [2.75, 3.05) is 6.61 Å². The summed E-state index contributed by atoms with van der Waals surface area (Å²) in [5.74, 6) is 0.745. The zero-order valence-electron chi connectivity index (χ0n) is 16.2. The van der Waals surface area contributed by atoms with Crippen molar-refractivity contribution in [3.8, 4) is 11.5 Å². The first-order valence-corrected chi connectivity index (χ1v) is 9.09. The van der Waals surface area contributed by atoms with Crippen LogP contribution < -0.4 is 9.47 Å². The first kappa shape index (κ1) is 19.3. The standard InChI is InChI=1S/C23H22N2O3/c1-4-27-20-10-6-18(7-11-20)23(26)28-21-12-8-19(9-13-21)24-25-22-14-5-16(2)15-17(22)3/h5-15H,4H2,1-3H3. The second-order valence-electron chi connectivity index (χ2n) is 6.33. The summed E-state index contributed by atoms with van der Waals surface area (Å²) in [7, 11) is 0. The first-order valence-electron chi connectivity index (χ1n) is 9.09. The third kappa shape index (κ3) is 5.04. The smallest absolute Gasteiger partial charge is 0.343 e. The van der Waals surface area contributed by atoms with Gasteiger partial charge in [-0.2, -0.15) is 10.2 Å². The predicted molar refractivity (Wildman–Crippen MR) is 109 cm³/mol. The van der Waals surface area contributed by atoms with Crippen molar-refractivity contribution in [2.24, 2.45) is 10.2 Å². The second-order valence-corrected chi connectivity index (χ2v) is 6.33. The van der Waals surface area contributed by atoms with Crippen molar-refractivity contribution in [3.63, 3.8) is 0 Å². The molecular weight excluding hydrogens is 352 g/mol. The monoisotopic (exact) mass is 374 g/mol. The molecule has 0 aliphatic rings. The van der Waals surface area contributed by atoms with Gasteiger partial charge in [-0.3, -0.25) is 0 Å². The molecule has 3 aromatic rings.